The molecular formula is C21H22N4O3S. The van der Waals surface area contributed by atoms with Gasteiger partial charge < -0.3 is 9.64 Å². The van der Waals surface area contributed by atoms with Crippen molar-refractivity contribution in [2.24, 2.45) is 0 Å². The lowest BCUT2D eigenvalue weighted by Gasteiger charge is -2.26. The number of hydrogen-bond acceptors (Lipinski definition) is 6. The van der Waals surface area contributed by atoms with Crippen LogP contribution in [0, 0.1) is 0 Å². The summed E-state index contributed by atoms with van der Waals surface area (Å²) < 4.78 is 7.00. The van der Waals surface area contributed by atoms with Crippen LogP contribution in [0.3, 0.4) is 0 Å². The third-order valence-electron chi connectivity index (χ3n) is 4.93. The first-order valence-corrected chi connectivity index (χ1v) is 10.4. The summed E-state index contributed by atoms with van der Waals surface area (Å²) in [6.07, 6.45) is 4.01. The van der Waals surface area contributed by atoms with Crippen LogP contribution in [0.1, 0.15) is 46.3 Å². The van der Waals surface area contributed by atoms with Gasteiger partial charge in [0.15, 0.2) is 12.4 Å². The topological polar surface area (TPSA) is 77.3 Å². The predicted octanol–water partition coefficient (Wildman–Crippen LogP) is 3.19. The van der Waals surface area contributed by atoms with E-state index >= 15 is 0 Å². The third kappa shape index (κ3) is 3.93. The molecule has 3 aromatic rings. The number of thiophene rings is 1. The van der Waals surface area contributed by atoms with Crippen LogP contribution in [0.25, 0.3) is 5.82 Å². The van der Waals surface area contributed by atoms with Gasteiger partial charge in [0.25, 0.3) is 5.91 Å². The Labute approximate surface area is 172 Å². The minimum atomic E-state index is -0.544. The molecule has 0 atom stereocenters. The zero-order valence-electron chi connectivity index (χ0n) is 16.4. The second-order valence-corrected chi connectivity index (χ2v) is 8.21. The highest BCUT2D eigenvalue weighted by atomic mass is 32.1. The smallest absolute Gasteiger partial charge is 0.342 e. The number of hydrogen-bond donors (Lipinski definition) is 0. The molecule has 0 spiro atoms. The van der Waals surface area contributed by atoms with E-state index in [9.17, 15) is 9.59 Å². The molecule has 0 fully saturated rings. The van der Waals surface area contributed by atoms with E-state index in [2.05, 4.69) is 10.1 Å². The number of carbonyl (C=O) groups is 2. The van der Waals surface area contributed by atoms with Gasteiger partial charge in [-0.3, -0.25) is 4.79 Å². The number of rotatable bonds is 5. The highest BCUT2D eigenvalue weighted by molar-refractivity contribution is 7.10. The molecule has 0 aromatic carbocycles. The van der Waals surface area contributed by atoms with Crippen molar-refractivity contribution in [1.29, 1.82) is 0 Å². The lowest BCUT2D eigenvalue weighted by Crippen LogP contribution is -2.38. The summed E-state index contributed by atoms with van der Waals surface area (Å²) in [6, 6.07) is 7.56. The minimum Gasteiger partial charge on any atom is -0.452 e. The summed E-state index contributed by atoms with van der Waals surface area (Å²) in [5, 5.41) is 6.37. The zero-order valence-corrected chi connectivity index (χ0v) is 17.2. The molecule has 0 bridgehead atoms. The van der Waals surface area contributed by atoms with Gasteiger partial charge in [-0.2, -0.15) is 5.10 Å². The van der Waals surface area contributed by atoms with Crippen molar-refractivity contribution in [3.05, 3.63) is 63.7 Å². The predicted molar refractivity (Wildman–Crippen MR) is 109 cm³/mol. The van der Waals surface area contributed by atoms with Crippen molar-refractivity contribution in [3.63, 3.8) is 0 Å². The van der Waals surface area contributed by atoms with Gasteiger partial charge in [-0.25, -0.2) is 14.5 Å². The van der Waals surface area contributed by atoms with E-state index < -0.39 is 5.97 Å². The maximum atomic E-state index is 12.7. The van der Waals surface area contributed by atoms with Gasteiger partial charge in [-0.15, -0.1) is 11.3 Å². The first-order valence-electron chi connectivity index (χ1n) is 9.54. The van der Waals surface area contributed by atoms with Crippen molar-refractivity contribution in [2.45, 2.75) is 32.7 Å². The molecule has 1 amide bonds. The molecule has 29 heavy (non-hydrogen) atoms. The lowest BCUT2D eigenvalue weighted by molar-refractivity contribution is -0.135. The number of ether oxygens (including phenoxy) is 1. The number of esters is 1. The Hall–Kier alpha value is -3.00. The van der Waals surface area contributed by atoms with E-state index in [1.165, 1.54) is 16.6 Å². The van der Waals surface area contributed by atoms with Crippen LogP contribution in [0.4, 0.5) is 0 Å². The van der Waals surface area contributed by atoms with Gasteiger partial charge in [0, 0.05) is 24.2 Å². The molecule has 0 N–H and O–H groups in total. The Morgan fingerprint density at radius 1 is 1.28 bits per heavy atom. The largest absolute Gasteiger partial charge is 0.452 e. The molecule has 150 valence electrons. The summed E-state index contributed by atoms with van der Waals surface area (Å²) in [4.78, 5) is 32.6. The summed E-state index contributed by atoms with van der Waals surface area (Å²) in [5.41, 5.74) is 2.25. The monoisotopic (exact) mass is 410 g/mol. The molecule has 0 unspecified atom stereocenters. The van der Waals surface area contributed by atoms with Crippen LogP contribution in [0.15, 0.2) is 42.0 Å². The molecule has 1 aliphatic rings. The quantitative estimate of drug-likeness (QED) is 0.604. The van der Waals surface area contributed by atoms with Gasteiger partial charge in [0.2, 0.25) is 0 Å². The van der Waals surface area contributed by atoms with Crippen molar-refractivity contribution in [2.75, 3.05) is 13.2 Å². The standard InChI is InChI=1S/C21H22N4O3S/c1-14(2)20-16(11-23-25(20)18-5-3-4-8-22-18)21(27)28-13-19(26)24-9-6-17-15(12-24)7-10-29-17/h3-5,7-8,10-11,14H,6,9,12-13H2,1-2H3. The second kappa shape index (κ2) is 8.16. The fourth-order valence-electron chi connectivity index (χ4n) is 3.49. The average Bonchev–Trinajstić information content (AvgIpc) is 3.38. The average molecular weight is 410 g/mol. The van der Waals surface area contributed by atoms with E-state index in [1.54, 1.807) is 27.1 Å². The number of fused-ring (bicyclic) bond motifs is 1. The number of amides is 1. The van der Waals surface area contributed by atoms with Crippen LogP contribution in [-0.2, 0) is 22.5 Å². The summed E-state index contributed by atoms with van der Waals surface area (Å²) >= 11 is 1.72. The van der Waals surface area contributed by atoms with Gasteiger partial charge in [0.05, 0.1) is 11.9 Å². The first-order chi connectivity index (χ1) is 14.0. The SMILES string of the molecule is CC(C)c1c(C(=O)OCC(=O)N2CCc3sccc3C2)cnn1-c1ccccn1. The molecule has 7 nitrogen and oxygen atoms in total. The second-order valence-electron chi connectivity index (χ2n) is 7.21. The first kappa shape index (κ1) is 19.3. The fraction of sp³-hybridized carbons (Fsp3) is 0.333. The molecule has 8 heteroatoms. The Morgan fingerprint density at radius 3 is 2.90 bits per heavy atom. The highest BCUT2D eigenvalue weighted by Crippen LogP contribution is 2.25. The molecule has 4 heterocycles. The van der Waals surface area contributed by atoms with E-state index in [1.807, 2.05) is 43.5 Å². The van der Waals surface area contributed by atoms with Crippen LogP contribution >= 0.6 is 11.3 Å². The molecule has 0 radical (unpaired) electrons. The molecule has 0 saturated carbocycles. The lowest BCUT2D eigenvalue weighted by atomic mass is 10.1. The van der Waals surface area contributed by atoms with Gasteiger partial charge in [-0.05, 0) is 41.5 Å². The van der Waals surface area contributed by atoms with Crippen molar-refractivity contribution < 1.29 is 14.3 Å². The Kier molecular flexibility index (Phi) is 5.44. The number of nitrogens with zero attached hydrogens (tertiary/aromatic N) is 4. The number of aromatic nitrogens is 3. The summed E-state index contributed by atoms with van der Waals surface area (Å²) in [6.45, 7) is 4.91. The van der Waals surface area contributed by atoms with E-state index in [-0.39, 0.29) is 18.4 Å². The van der Waals surface area contributed by atoms with Crippen molar-refractivity contribution in [3.8, 4) is 5.82 Å². The highest BCUT2D eigenvalue weighted by Gasteiger charge is 2.25. The van der Waals surface area contributed by atoms with Gasteiger partial charge in [-0.1, -0.05) is 19.9 Å². The molecule has 4 rings (SSSR count). The van der Waals surface area contributed by atoms with Crippen molar-refractivity contribution >= 4 is 23.2 Å². The normalized spacial score (nSPS) is 13.4. The van der Waals surface area contributed by atoms with Crippen molar-refractivity contribution in [1.82, 2.24) is 19.7 Å². The maximum absolute atomic E-state index is 12.7. The Bertz CT molecular complexity index is 1030. The molecule has 0 aliphatic carbocycles. The van der Waals surface area contributed by atoms with E-state index in [4.69, 9.17) is 4.74 Å². The van der Waals surface area contributed by atoms with Gasteiger partial charge in [0.1, 0.15) is 5.56 Å². The van der Waals surface area contributed by atoms with E-state index in [0.717, 1.165) is 6.42 Å². The summed E-state index contributed by atoms with van der Waals surface area (Å²) in [7, 11) is 0. The number of pyridine rings is 1. The Balaban J connectivity index is 1.45. The zero-order chi connectivity index (χ0) is 20.4. The maximum Gasteiger partial charge on any atom is 0.342 e. The minimum absolute atomic E-state index is 0.0249. The molecular weight excluding hydrogens is 388 g/mol. The third-order valence-corrected chi connectivity index (χ3v) is 5.95. The van der Waals surface area contributed by atoms with E-state index in [0.29, 0.717) is 30.2 Å². The van der Waals surface area contributed by atoms with Crippen LogP contribution in [0.5, 0.6) is 0 Å². The van der Waals surface area contributed by atoms with Crippen LogP contribution < -0.4 is 0 Å². The Morgan fingerprint density at radius 2 is 2.14 bits per heavy atom. The molecule has 1 aliphatic heterocycles. The van der Waals surface area contributed by atoms with Crippen LogP contribution in [-0.4, -0.2) is 44.7 Å². The number of carbonyl (C=O) groups excluding carboxylic acids is 2. The fourth-order valence-corrected chi connectivity index (χ4v) is 4.38. The van der Waals surface area contributed by atoms with Gasteiger partial charge >= 0.3 is 5.97 Å². The molecule has 3 aromatic heterocycles. The summed E-state index contributed by atoms with van der Waals surface area (Å²) in [5.74, 6) is -0.0704. The molecule has 0 saturated heterocycles. The van der Waals surface area contributed by atoms with Crippen LogP contribution in [0.2, 0.25) is 0 Å².